The molecule has 0 atom stereocenters. The highest BCUT2D eigenvalue weighted by molar-refractivity contribution is 7.17. The van der Waals surface area contributed by atoms with Crippen LogP contribution in [0, 0.1) is 6.07 Å². The molecule has 0 N–H and O–H groups in total. The molecule has 0 amide bonds. The van der Waals surface area contributed by atoms with Crippen LogP contribution in [0.15, 0.2) is 60.1 Å². The molecule has 0 unspecified atom stereocenters. The second kappa shape index (κ2) is 3.72. The van der Waals surface area contributed by atoms with Crippen LogP contribution in [0.4, 0.5) is 0 Å². The quantitative estimate of drug-likeness (QED) is 0.462. The number of thiophene rings is 1. The van der Waals surface area contributed by atoms with Gasteiger partial charge in [-0.25, -0.2) is 0 Å². The summed E-state index contributed by atoms with van der Waals surface area (Å²) in [6.45, 7) is 0. The summed E-state index contributed by atoms with van der Waals surface area (Å²) >= 11 is 1.78. The normalized spacial score (nSPS) is 11.3. The largest absolute Gasteiger partial charge is 0.317 e. The molecule has 1 radical (unpaired) electrons. The van der Waals surface area contributed by atoms with Crippen LogP contribution in [0.2, 0.25) is 0 Å². The molecule has 0 fully saturated rings. The van der Waals surface area contributed by atoms with Crippen molar-refractivity contribution in [2.24, 2.45) is 0 Å². The number of benzene rings is 2. The maximum Gasteiger partial charge on any atom is 0.0528 e. The molecule has 85 valence electrons. The number of hydrogen-bond donors (Lipinski definition) is 0. The molecule has 2 aromatic heterocycles. The maximum absolute atomic E-state index is 3.11. The van der Waals surface area contributed by atoms with Gasteiger partial charge < -0.3 is 4.57 Å². The fraction of sp³-hybridized carbons (Fsp3) is 0. The Labute approximate surface area is 109 Å². The third-order valence-electron chi connectivity index (χ3n) is 3.25. The highest BCUT2D eigenvalue weighted by Crippen LogP contribution is 2.26. The molecule has 4 aromatic rings. The van der Waals surface area contributed by atoms with Gasteiger partial charge in [-0.2, -0.15) is 0 Å². The Morgan fingerprint density at radius 1 is 1.00 bits per heavy atom. The predicted molar refractivity (Wildman–Crippen MR) is 77.5 cm³/mol. The fourth-order valence-corrected chi connectivity index (χ4v) is 3.16. The van der Waals surface area contributed by atoms with Crippen molar-refractivity contribution in [3.05, 3.63) is 66.2 Å². The number of hydrogen-bond acceptors (Lipinski definition) is 1. The van der Waals surface area contributed by atoms with Crippen LogP contribution in [0.25, 0.3) is 26.7 Å². The Hall–Kier alpha value is -2.06. The number of aromatic nitrogens is 1. The van der Waals surface area contributed by atoms with E-state index in [9.17, 15) is 0 Å². The zero-order chi connectivity index (χ0) is 11.9. The lowest BCUT2D eigenvalue weighted by Crippen LogP contribution is -1.90. The summed E-state index contributed by atoms with van der Waals surface area (Å²) in [5, 5.41) is 4.68. The smallest absolute Gasteiger partial charge is 0.0528 e. The van der Waals surface area contributed by atoms with Crippen LogP contribution >= 0.6 is 11.3 Å². The lowest BCUT2D eigenvalue weighted by Gasteiger charge is -2.05. The van der Waals surface area contributed by atoms with Gasteiger partial charge in [0.15, 0.2) is 0 Å². The van der Waals surface area contributed by atoms with Crippen molar-refractivity contribution in [3.63, 3.8) is 0 Å². The van der Waals surface area contributed by atoms with Crippen LogP contribution in [0.3, 0.4) is 0 Å². The Balaban J connectivity index is 2.00. The highest BCUT2D eigenvalue weighted by Gasteiger charge is 2.03. The first-order valence-corrected chi connectivity index (χ1v) is 6.74. The minimum absolute atomic E-state index is 1.21. The second-order valence-corrected chi connectivity index (χ2v) is 5.26. The number of rotatable bonds is 1. The maximum atomic E-state index is 3.11. The van der Waals surface area contributed by atoms with E-state index in [1.165, 1.54) is 26.7 Å². The molecule has 0 aliphatic rings. The predicted octanol–water partition coefficient (Wildman–Crippen LogP) is 4.65. The molecule has 0 spiro atoms. The van der Waals surface area contributed by atoms with E-state index in [-0.39, 0.29) is 0 Å². The van der Waals surface area contributed by atoms with E-state index < -0.39 is 0 Å². The number of fused-ring (bicyclic) bond motifs is 2. The van der Waals surface area contributed by atoms with E-state index in [2.05, 4.69) is 58.6 Å². The summed E-state index contributed by atoms with van der Waals surface area (Å²) < 4.78 is 3.55. The summed E-state index contributed by atoms with van der Waals surface area (Å²) in [6, 6.07) is 20.1. The van der Waals surface area contributed by atoms with Crippen LogP contribution in [-0.4, -0.2) is 4.57 Å². The molecule has 0 saturated heterocycles. The standard InChI is InChI=1S/C16H10NS/c1-2-4-15-12(3-1)7-9-17(15)14-6-5-13-8-10-18-16(13)11-14/h2-11H. The molecular weight excluding hydrogens is 238 g/mol. The van der Waals surface area contributed by atoms with Crippen LogP contribution in [0.1, 0.15) is 0 Å². The summed E-state index contributed by atoms with van der Waals surface area (Å²) in [5.74, 6) is 0. The van der Waals surface area contributed by atoms with Crippen LogP contribution in [0.5, 0.6) is 0 Å². The van der Waals surface area contributed by atoms with E-state index >= 15 is 0 Å². The molecule has 2 aromatic carbocycles. The van der Waals surface area contributed by atoms with E-state index in [1.807, 2.05) is 12.1 Å². The molecule has 0 saturated carbocycles. The topological polar surface area (TPSA) is 4.93 Å². The van der Waals surface area contributed by atoms with Crippen molar-refractivity contribution in [3.8, 4) is 5.69 Å². The Kier molecular flexibility index (Phi) is 2.05. The summed E-state index contributed by atoms with van der Waals surface area (Å²) in [7, 11) is 0. The van der Waals surface area contributed by atoms with E-state index in [0.29, 0.717) is 0 Å². The van der Waals surface area contributed by atoms with Crippen molar-refractivity contribution >= 4 is 32.3 Å². The minimum atomic E-state index is 1.21. The Morgan fingerprint density at radius 3 is 3.00 bits per heavy atom. The fourth-order valence-electron chi connectivity index (χ4n) is 2.34. The average molecular weight is 248 g/mol. The molecule has 4 rings (SSSR count). The van der Waals surface area contributed by atoms with Gasteiger partial charge in [0.25, 0.3) is 0 Å². The summed E-state index contributed by atoms with van der Waals surface area (Å²) in [5.41, 5.74) is 2.44. The van der Waals surface area contributed by atoms with Crippen molar-refractivity contribution in [2.75, 3.05) is 0 Å². The SMILES string of the molecule is [c]1ccc2c(c1)ccn2-c1ccc2ccsc2c1. The molecule has 0 aliphatic heterocycles. The molecule has 0 bridgehead atoms. The first-order chi connectivity index (χ1) is 8.92. The molecule has 18 heavy (non-hydrogen) atoms. The second-order valence-electron chi connectivity index (χ2n) is 4.31. The zero-order valence-corrected chi connectivity index (χ0v) is 10.4. The first kappa shape index (κ1) is 9.92. The van der Waals surface area contributed by atoms with Crippen LogP contribution in [-0.2, 0) is 0 Å². The van der Waals surface area contributed by atoms with E-state index in [4.69, 9.17) is 0 Å². The lowest BCUT2D eigenvalue weighted by atomic mass is 10.2. The summed E-state index contributed by atoms with van der Waals surface area (Å²) in [6.07, 6.45) is 2.12. The van der Waals surface area contributed by atoms with Gasteiger partial charge in [0.2, 0.25) is 0 Å². The molecule has 2 heterocycles. The monoisotopic (exact) mass is 248 g/mol. The molecular formula is C16H10NS. The minimum Gasteiger partial charge on any atom is -0.317 e. The Morgan fingerprint density at radius 2 is 2.00 bits per heavy atom. The van der Waals surface area contributed by atoms with Crippen molar-refractivity contribution in [1.29, 1.82) is 0 Å². The zero-order valence-electron chi connectivity index (χ0n) is 9.63. The van der Waals surface area contributed by atoms with Gasteiger partial charge in [-0.05, 0) is 53.2 Å². The number of nitrogens with zero attached hydrogens (tertiary/aromatic N) is 1. The van der Waals surface area contributed by atoms with Gasteiger partial charge in [0.1, 0.15) is 0 Å². The van der Waals surface area contributed by atoms with Gasteiger partial charge in [-0.15, -0.1) is 11.3 Å². The van der Waals surface area contributed by atoms with Crippen LogP contribution < -0.4 is 0 Å². The lowest BCUT2D eigenvalue weighted by molar-refractivity contribution is 1.13. The summed E-state index contributed by atoms with van der Waals surface area (Å²) in [4.78, 5) is 0. The molecule has 2 heteroatoms. The van der Waals surface area contributed by atoms with E-state index in [1.54, 1.807) is 11.3 Å². The third-order valence-corrected chi connectivity index (χ3v) is 4.13. The van der Waals surface area contributed by atoms with Crippen molar-refractivity contribution < 1.29 is 0 Å². The first-order valence-electron chi connectivity index (χ1n) is 5.87. The molecule has 0 aliphatic carbocycles. The average Bonchev–Trinajstić information content (AvgIpc) is 3.04. The Bertz CT molecular complexity index is 838. The van der Waals surface area contributed by atoms with Gasteiger partial charge in [0, 0.05) is 22.0 Å². The van der Waals surface area contributed by atoms with Crippen molar-refractivity contribution in [1.82, 2.24) is 4.57 Å². The van der Waals surface area contributed by atoms with E-state index in [0.717, 1.165) is 0 Å². The highest BCUT2D eigenvalue weighted by atomic mass is 32.1. The van der Waals surface area contributed by atoms with Gasteiger partial charge in [-0.3, -0.25) is 0 Å². The van der Waals surface area contributed by atoms with Crippen molar-refractivity contribution in [2.45, 2.75) is 0 Å². The third kappa shape index (κ3) is 1.39. The molecule has 1 nitrogen and oxygen atoms in total. The van der Waals surface area contributed by atoms with Gasteiger partial charge >= 0.3 is 0 Å². The van der Waals surface area contributed by atoms with Gasteiger partial charge in [0.05, 0.1) is 5.52 Å². The van der Waals surface area contributed by atoms with Gasteiger partial charge in [-0.1, -0.05) is 12.1 Å².